The topological polar surface area (TPSA) is 54.0 Å². The summed E-state index contributed by atoms with van der Waals surface area (Å²) in [7, 11) is 0. The lowest BCUT2D eigenvalue weighted by Crippen LogP contribution is -2.36. The molecule has 1 heterocycles. The normalized spacial score (nSPS) is 22.2. The minimum Gasteiger partial charge on any atom is -0.326 e. The lowest BCUT2D eigenvalue weighted by atomic mass is 9.85. The number of rotatable bonds is 6. The van der Waals surface area contributed by atoms with E-state index < -0.39 is 0 Å². The van der Waals surface area contributed by atoms with Gasteiger partial charge in [-0.2, -0.15) is 0 Å². The fourth-order valence-corrected chi connectivity index (χ4v) is 2.63. The fraction of sp³-hybridized carbons (Fsp3) is 0.500. The summed E-state index contributed by atoms with van der Waals surface area (Å²) in [4.78, 5) is 16.1. The summed E-state index contributed by atoms with van der Waals surface area (Å²) in [5, 5.41) is 6.49. The van der Waals surface area contributed by atoms with E-state index in [-0.39, 0.29) is 11.8 Å². The molecule has 20 heavy (non-hydrogen) atoms. The average Bonchev–Trinajstić information content (AvgIpc) is 2.49. The molecule has 0 aromatic carbocycles. The zero-order chi connectivity index (χ0) is 14.2. The third kappa shape index (κ3) is 4.46. The van der Waals surface area contributed by atoms with Gasteiger partial charge in [0.05, 0.1) is 0 Å². The minimum absolute atomic E-state index is 0.139. The molecule has 1 saturated carbocycles. The Morgan fingerprint density at radius 1 is 1.30 bits per heavy atom. The number of hydrogen-bond acceptors (Lipinski definition) is 3. The van der Waals surface area contributed by atoms with Gasteiger partial charge in [0.1, 0.15) is 0 Å². The minimum atomic E-state index is 0.139. The summed E-state index contributed by atoms with van der Waals surface area (Å²) in [6.45, 7) is 4.71. The number of amides is 1. The van der Waals surface area contributed by atoms with Gasteiger partial charge < -0.3 is 10.6 Å². The zero-order valence-electron chi connectivity index (χ0n) is 11.8. The number of carbonyl (C=O) groups is 1. The molecular formula is C16H23N3O. The van der Waals surface area contributed by atoms with Gasteiger partial charge in [0.15, 0.2) is 0 Å². The third-order valence-electron chi connectivity index (χ3n) is 3.83. The van der Waals surface area contributed by atoms with E-state index in [0.29, 0.717) is 6.04 Å². The van der Waals surface area contributed by atoms with Crippen molar-refractivity contribution in [2.24, 2.45) is 5.92 Å². The number of aromatic nitrogens is 1. The third-order valence-corrected chi connectivity index (χ3v) is 3.83. The van der Waals surface area contributed by atoms with Crippen molar-refractivity contribution in [1.82, 2.24) is 10.3 Å². The lowest BCUT2D eigenvalue weighted by Gasteiger charge is -2.28. The van der Waals surface area contributed by atoms with Gasteiger partial charge in [0.25, 0.3) is 0 Å². The molecule has 0 aliphatic heterocycles. The number of pyridine rings is 1. The largest absolute Gasteiger partial charge is 0.326 e. The maximum absolute atomic E-state index is 12.2. The number of hydrogen-bond donors (Lipinski definition) is 2. The van der Waals surface area contributed by atoms with Crippen molar-refractivity contribution >= 4 is 11.6 Å². The van der Waals surface area contributed by atoms with Crippen molar-refractivity contribution in [3.05, 3.63) is 37.2 Å². The van der Waals surface area contributed by atoms with Crippen LogP contribution in [0.1, 0.15) is 32.1 Å². The van der Waals surface area contributed by atoms with Crippen molar-refractivity contribution in [1.29, 1.82) is 0 Å². The monoisotopic (exact) mass is 273 g/mol. The molecule has 2 N–H and O–H groups in total. The highest BCUT2D eigenvalue weighted by Crippen LogP contribution is 2.25. The predicted octanol–water partition coefficient (Wildman–Crippen LogP) is 2.74. The first-order valence-electron chi connectivity index (χ1n) is 7.34. The second kappa shape index (κ2) is 7.80. The van der Waals surface area contributed by atoms with E-state index in [1.54, 1.807) is 12.4 Å². The molecule has 0 bridgehead atoms. The smallest absolute Gasteiger partial charge is 0.227 e. The quantitative estimate of drug-likeness (QED) is 0.619. The number of anilines is 1. The Kier molecular flexibility index (Phi) is 5.74. The molecule has 0 radical (unpaired) electrons. The number of nitrogens with one attached hydrogen (secondary N) is 2. The summed E-state index contributed by atoms with van der Waals surface area (Å²) >= 11 is 0. The Balaban J connectivity index is 1.73. The van der Waals surface area contributed by atoms with Crippen LogP contribution < -0.4 is 10.6 Å². The number of nitrogens with zero attached hydrogens (tertiary/aromatic N) is 1. The Morgan fingerprint density at radius 3 is 2.65 bits per heavy atom. The van der Waals surface area contributed by atoms with E-state index >= 15 is 0 Å². The van der Waals surface area contributed by atoms with Gasteiger partial charge in [-0.1, -0.05) is 6.08 Å². The van der Waals surface area contributed by atoms with Crippen molar-refractivity contribution in [3.63, 3.8) is 0 Å². The van der Waals surface area contributed by atoms with E-state index in [1.165, 1.54) is 0 Å². The molecule has 1 aliphatic carbocycles. The lowest BCUT2D eigenvalue weighted by molar-refractivity contribution is -0.120. The SMILES string of the molecule is C=CCCNC1CCC(C(=O)Nc2ccncc2)CC1. The van der Waals surface area contributed by atoms with Gasteiger partial charge in [0, 0.05) is 30.0 Å². The van der Waals surface area contributed by atoms with Gasteiger partial charge in [0.2, 0.25) is 5.91 Å². The average molecular weight is 273 g/mol. The molecule has 1 amide bonds. The highest BCUT2D eigenvalue weighted by atomic mass is 16.1. The summed E-state index contributed by atoms with van der Waals surface area (Å²) in [5.74, 6) is 0.279. The van der Waals surface area contributed by atoms with Gasteiger partial charge in [-0.25, -0.2) is 0 Å². The summed E-state index contributed by atoms with van der Waals surface area (Å²) < 4.78 is 0. The first kappa shape index (κ1) is 14.7. The van der Waals surface area contributed by atoms with E-state index in [0.717, 1.165) is 44.3 Å². The van der Waals surface area contributed by atoms with Gasteiger partial charge in [-0.15, -0.1) is 6.58 Å². The molecule has 4 nitrogen and oxygen atoms in total. The van der Waals surface area contributed by atoms with Crippen LogP contribution in [0.2, 0.25) is 0 Å². The zero-order valence-corrected chi connectivity index (χ0v) is 11.8. The molecule has 0 atom stereocenters. The molecule has 1 aliphatic rings. The van der Waals surface area contributed by atoms with Crippen LogP contribution in [0.25, 0.3) is 0 Å². The van der Waals surface area contributed by atoms with Gasteiger partial charge in [-0.3, -0.25) is 9.78 Å². The van der Waals surface area contributed by atoms with Crippen LogP contribution in [-0.4, -0.2) is 23.5 Å². The van der Waals surface area contributed by atoms with Crippen molar-refractivity contribution < 1.29 is 4.79 Å². The fourth-order valence-electron chi connectivity index (χ4n) is 2.63. The van der Waals surface area contributed by atoms with Gasteiger partial charge in [-0.05, 0) is 50.8 Å². The first-order valence-corrected chi connectivity index (χ1v) is 7.34. The maximum atomic E-state index is 12.2. The van der Waals surface area contributed by atoms with E-state index in [2.05, 4.69) is 22.2 Å². The highest BCUT2D eigenvalue weighted by molar-refractivity contribution is 5.92. The van der Waals surface area contributed by atoms with E-state index in [1.807, 2.05) is 18.2 Å². The van der Waals surface area contributed by atoms with Crippen LogP contribution in [0.3, 0.4) is 0 Å². The van der Waals surface area contributed by atoms with Crippen LogP contribution in [0.5, 0.6) is 0 Å². The molecule has 2 rings (SSSR count). The highest BCUT2D eigenvalue weighted by Gasteiger charge is 2.25. The Labute approximate surface area is 120 Å². The Hall–Kier alpha value is -1.68. The van der Waals surface area contributed by atoms with E-state index in [9.17, 15) is 4.79 Å². The molecule has 108 valence electrons. The van der Waals surface area contributed by atoms with Crippen LogP contribution in [0.4, 0.5) is 5.69 Å². The van der Waals surface area contributed by atoms with Gasteiger partial charge >= 0.3 is 0 Å². The molecule has 1 fully saturated rings. The summed E-state index contributed by atoms with van der Waals surface area (Å²) in [6.07, 6.45) is 10.4. The molecule has 0 spiro atoms. The van der Waals surface area contributed by atoms with Crippen molar-refractivity contribution in [2.75, 3.05) is 11.9 Å². The number of carbonyl (C=O) groups excluding carboxylic acids is 1. The van der Waals surface area contributed by atoms with Crippen molar-refractivity contribution in [2.45, 2.75) is 38.1 Å². The Bertz CT molecular complexity index is 425. The second-order valence-corrected chi connectivity index (χ2v) is 5.31. The molecule has 4 heteroatoms. The molecule has 0 saturated heterocycles. The molecule has 1 aromatic rings. The molecule has 1 aromatic heterocycles. The molecule has 0 unspecified atom stereocenters. The summed E-state index contributed by atoms with van der Waals surface area (Å²) in [6, 6.07) is 4.20. The first-order chi connectivity index (χ1) is 9.79. The van der Waals surface area contributed by atoms with Crippen LogP contribution in [-0.2, 0) is 4.79 Å². The van der Waals surface area contributed by atoms with E-state index in [4.69, 9.17) is 0 Å². The van der Waals surface area contributed by atoms with Crippen LogP contribution >= 0.6 is 0 Å². The Morgan fingerprint density at radius 2 is 2.00 bits per heavy atom. The van der Waals surface area contributed by atoms with Crippen LogP contribution in [0, 0.1) is 5.92 Å². The molecular weight excluding hydrogens is 250 g/mol. The summed E-state index contributed by atoms with van der Waals surface area (Å²) in [5.41, 5.74) is 0.830. The predicted molar refractivity (Wildman–Crippen MR) is 81.4 cm³/mol. The van der Waals surface area contributed by atoms with Crippen molar-refractivity contribution in [3.8, 4) is 0 Å². The second-order valence-electron chi connectivity index (χ2n) is 5.31. The van der Waals surface area contributed by atoms with Crippen LogP contribution in [0.15, 0.2) is 37.2 Å². The maximum Gasteiger partial charge on any atom is 0.227 e. The standard InChI is InChI=1S/C16H23N3O/c1-2-3-10-18-14-6-4-13(5-7-14)16(20)19-15-8-11-17-12-9-15/h2,8-9,11-14,18H,1,3-7,10H2,(H,17,19,20).